The van der Waals surface area contributed by atoms with Gasteiger partial charge in [0.15, 0.2) is 0 Å². The van der Waals surface area contributed by atoms with Crippen molar-refractivity contribution in [1.82, 2.24) is 5.32 Å². The van der Waals surface area contributed by atoms with Crippen molar-refractivity contribution in [3.8, 4) is 0 Å². The highest BCUT2D eigenvalue weighted by atomic mass is 16.6. The minimum atomic E-state index is -0.459. The lowest BCUT2D eigenvalue weighted by molar-refractivity contribution is -0.910. The Hall–Kier alpha value is -2.99. The topological polar surface area (TPSA) is 76.7 Å². The van der Waals surface area contributed by atoms with E-state index in [4.69, 9.17) is 0 Å². The normalized spacial score (nSPS) is 11.1. The van der Waals surface area contributed by atoms with Gasteiger partial charge in [0.2, 0.25) is 5.91 Å². The van der Waals surface area contributed by atoms with E-state index in [0.717, 1.165) is 25.2 Å². The van der Waals surface area contributed by atoms with Crippen molar-refractivity contribution < 1.29 is 14.6 Å². The predicted molar refractivity (Wildman–Crippen MR) is 106 cm³/mol. The van der Waals surface area contributed by atoms with E-state index >= 15 is 0 Å². The van der Waals surface area contributed by atoms with Crippen LogP contribution < -0.4 is 10.2 Å². The zero-order chi connectivity index (χ0) is 19.6. The Labute approximate surface area is 159 Å². The second-order valence-electron chi connectivity index (χ2n) is 6.32. The summed E-state index contributed by atoms with van der Waals surface area (Å²) >= 11 is 0. The molecule has 6 heteroatoms. The molecule has 0 bridgehead atoms. The van der Waals surface area contributed by atoms with Crippen molar-refractivity contribution in [2.75, 3.05) is 13.1 Å². The Morgan fingerprint density at radius 3 is 2.33 bits per heavy atom. The molecule has 6 nitrogen and oxygen atoms in total. The van der Waals surface area contributed by atoms with Gasteiger partial charge >= 0.3 is 0 Å². The van der Waals surface area contributed by atoms with Crippen LogP contribution in [-0.4, -0.2) is 23.9 Å². The highest BCUT2D eigenvalue weighted by Gasteiger charge is 2.09. The number of nitrogens with zero attached hydrogens (tertiary/aromatic N) is 1. The van der Waals surface area contributed by atoms with Crippen LogP contribution in [0.25, 0.3) is 6.08 Å². The zero-order valence-corrected chi connectivity index (χ0v) is 15.8. The Morgan fingerprint density at radius 2 is 1.70 bits per heavy atom. The third-order valence-electron chi connectivity index (χ3n) is 4.49. The van der Waals surface area contributed by atoms with Crippen molar-refractivity contribution in [3.63, 3.8) is 0 Å². The first-order valence-electron chi connectivity index (χ1n) is 9.14. The highest BCUT2D eigenvalue weighted by molar-refractivity contribution is 5.92. The summed E-state index contributed by atoms with van der Waals surface area (Å²) in [7, 11) is 0. The fraction of sp³-hybridized carbons (Fsp3) is 0.286. The maximum Gasteiger partial charge on any atom is 0.276 e. The molecule has 142 valence electrons. The number of hydrogen-bond acceptors (Lipinski definition) is 3. The summed E-state index contributed by atoms with van der Waals surface area (Å²) < 4.78 is 0. The number of nitrogens with one attached hydrogen (secondary N) is 2. The number of carbonyl (C=O) groups is 1. The zero-order valence-electron chi connectivity index (χ0n) is 15.8. The van der Waals surface area contributed by atoms with Gasteiger partial charge in [-0.25, -0.2) is 0 Å². The van der Waals surface area contributed by atoms with E-state index in [2.05, 4.69) is 31.3 Å². The van der Waals surface area contributed by atoms with Crippen LogP contribution in [-0.2, 0) is 17.9 Å². The molecule has 0 aliphatic carbocycles. The number of nitro benzene ring substituents is 1. The van der Waals surface area contributed by atoms with Crippen LogP contribution in [0.4, 0.5) is 5.69 Å². The fourth-order valence-electron chi connectivity index (χ4n) is 2.77. The average Bonchev–Trinajstić information content (AvgIpc) is 2.69. The van der Waals surface area contributed by atoms with Gasteiger partial charge in [0.1, 0.15) is 6.54 Å². The minimum absolute atomic E-state index is 0.0209. The lowest BCUT2D eigenvalue weighted by atomic mass is 10.1. The number of quaternary nitrogens is 1. The van der Waals surface area contributed by atoms with Gasteiger partial charge in [0.25, 0.3) is 5.69 Å². The van der Waals surface area contributed by atoms with Crippen LogP contribution in [0.5, 0.6) is 0 Å². The van der Waals surface area contributed by atoms with Gasteiger partial charge in [-0.15, -0.1) is 0 Å². The Bertz CT molecular complexity index is 797. The lowest BCUT2D eigenvalue weighted by Gasteiger charge is -2.15. The molecular weight excluding hydrogens is 342 g/mol. The molecule has 27 heavy (non-hydrogen) atoms. The minimum Gasteiger partial charge on any atom is -0.348 e. The summed E-state index contributed by atoms with van der Waals surface area (Å²) in [5, 5.41) is 13.8. The number of rotatable bonds is 9. The fourth-order valence-corrected chi connectivity index (χ4v) is 2.77. The monoisotopic (exact) mass is 368 g/mol. The number of para-hydroxylation sites is 1. The van der Waals surface area contributed by atoms with Crippen LogP contribution in [0.1, 0.15) is 30.5 Å². The average molecular weight is 368 g/mol. The first kappa shape index (κ1) is 20.3. The van der Waals surface area contributed by atoms with E-state index in [9.17, 15) is 14.9 Å². The van der Waals surface area contributed by atoms with Crippen molar-refractivity contribution in [2.45, 2.75) is 26.9 Å². The Kier molecular flexibility index (Phi) is 7.70. The van der Waals surface area contributed by atoms with Gasteiger partial charge in [-0.2, -0.15) is 0 Å². The third kappa shape index (κ3) is 6.34. The first-order valence-corrected chi connectivity index (χ1v) is 9.14. The third-order valence-corrected chi connectivity index (χ3v) is 4.49. The van der Waals surface area contributed by atoms with Crippen molar-refractivity contribution in [3.05, 3.63) is 81.4 Å². The van der Waals surface area contributed by atoms with Crippen LogP contribution in [0.3, 0.4) is 0 Å². The summed E-state index contributed by atoms with van der Waals surface area (Å²) in [6, 6.07) is 14.5. The van der Waals surface area contributed by atoms with E-state index < -0.39 is 4.92 Å². The van der Waals surface area contributed by atoms with Crippen molar-refractivity contribution in [1.29, 1.82) is 0 Å². The molecule has 2 rings (SSSR count). The number of amides is 1. The molecule has 0 spiro atoms. The first-order chi connectivity index (χ1) is 13.0. The van der Waals surface area contributed by atoms with Crippen LogP contribution in [0.2, 0.25) is 0 Å². The predicted octanol–water partition coefficient (Wildman–Crippen LogP) is 2.35. The van der Waals surface area contributed by atoms with Gasteiger partial charge in [-0.05, 0) is 31.6 Å². The smallest absolute Gasteiger partial charge is 0.276 e. The van der Waals surface area contributed by atoms with Crippen molar-refractivity contribution in [2.24, 2.45) is 0 Å². The largest absolute Gasteiger partial charge is 0.348 e. The van der Waals surface area contributed by atoms with E-state index in [-0.39, 0.29) is 11.6 Å². The lowest BCUT2D eigenvalue weighted by Crippen LogP contribution is -3.10. The standard InChI is InChI=1S/C21H25N3O3/c1-3-23(4-2)16-18-11-9-17(10-12-18)15-22-21(25)14-13-19-7-5-6-8-20(19)24(26)27/h5-14H,3-4,15-16H2,1-2H3,(H,22,25)/p+1/b14-13+. The second-order valence-corrected chi connectivity index (χ2v) is 6.32. The van der Waals surface area contributed by atoms with Crippen molar-refractivity contribution >= 4 is 17.7 Å². The molecule has 0 radical (unpaired) electrons. The molecule has 0 heterocycles. The summed E-state index contributed by atoms with van der Waals surface area (Å²) in [6.07, 6.45) is 2.78. The van der Waals surface area contributed by atoms with E-state index in [0.29, 0.717) is 12.1 Å². The van der Waals surface area contributed by atoms with Gasteiger partial charge in [0.05, 0.1) is 23.6 Å². The molecule has 0 saturated heterocycles. The van der Waals surface area contributed by atoms with Crippen LogP contribution >= 0.6 is 0 Å². The summed E-state index contributed by atoms with van der Waals surface area (Å²) in [5.74, 6) is -0.287. The molecule has 1 amide bonds. The number of benzene rings is 2. The summed E-state index contributed by atoms with van der Waals surface area (Å²) in [6.45, 7) is 7.97. The summed E-state index contributed by atoms with van der Waals surface area (Å²) in [5.41, 5.74) is 2.68. The van der Waals surface area contributed by atoms with E-state index in [1.54, 1.807) is 18.2 Å². The van der Waals surface area contributed by atoms with E-state index in [1.165, 1.54) is 28.7 Å². The van der Waals surface area contributed by atoms with Crippen LogP contribution in [0.15, 0.2) is 54.6 Å². The molecule has 0 aromatic heterocycles. The molecule has 0 unspecified atom stereocenters. The van der Waals surface area contributed by atoms with E-state index in [1.807, 2.05) is 12.1 Å². The highest BCUT2D eigenvalue weighted by Crippen LogP contribution is 2.18. The maximum atomic E-state index is 12.0. The molecule has 0 fully saturated rings. The molecule has 0 aliphatic rings. The molecule has 2 aromatic rings. The number of nitro groups is 1. The molecule has 2 N–H and O–H groups in total. The second kappa shape index (κ2) is 10.2. The van der Waals surface area contributed by atoms with Gasteiger partial charge in [0, 0.05) is 24.3 Å². The molecule has 2 aromatic carbocycles. The molecular formula is C21H26N3O3+. The van der Waals surface area contributed by atoms with Crippen LogP contribution in [0, 0.1) is 10.1 Å². The Morgan fingerprint density at radius 1 is 1.07 bits per heavy atom. The molecule has 0 saturated carbocycles. The van der Waals surface area contributed by atoms with Gasteiger partial charge < -0.3 is 10.2 Å². The summed E-state index contributed by atoms with van der Waals surface area (Å²) in [4.78, 5) is 24.0. The van der Waals surface area contributed by atoms with Gasteiger partial charge in [-0.3, -0.25) is 14.9 Å². The Balaban J connectivity index is 1.89. The SMILES string of the molecule is CC[NH+](CC)Cc1ccc(CNC(=O)/C=C/c2ccccc2[N+](=O)[O-])cc1. The number of carbonyl (C=O) groups excluding carboxylic acids is 1. The quantitative estimate of drug-likeness (QED) is 0.405. The number of hydrogen-bond donors (Lipinski definition) is 2. The molecule has 0 atom stereocenters. The van der Waals surface area contributed by atoms with Gasteiger partial charge in [-0.1, -0.05) is 36.4 Å². The molecule has 0 aliphatic heterocycles. The maximum absolute atomic E-state index is 12.0.